The van der Waals surface area contributed by atoms with Crippen molar-refractivity contribution in [3.05, 3.63) is 36.2 Å². The van der Waals surface area contributed by atoms with Gasteiger partial charge in [-0.3, -0.25) is 14.8 Å². The standard InChI is InChI=1S/C15H16N2O2/c18-14(10-11-4-8-19-9-5-11)12-2-1-3-13-15(12)17-7-6-16-13/h1-3,6-7,11H,4-5,8-10H2. The minimum absolute atomic E-state index is 0.165. The third-order valence-electron chi connectivity index (χ3n) is 3.61. The lowest BCUT2D eigenvalue weighted by Gasteiger charge is -2.21. The highest BCUT2D eigenvalue weighted by atomic mass is 16.5. The van der Waals surface area contributed by atoms with E-state index >= 15 is 0 Å². The van der Waals surface area contributed by atoms with Gasteiger partial charge in [0.2, 0.25) is 0 Å². The van der Waals surface area contributed by atoms with Crippen LogP contribution in [0.25, 0.3) is 11.0 Å². The summed E-state index contributed by atoms with van der Waals surface area (Å²) in [6.07, 6.45) is 5.81. The third kappa shape index (κ3) is 2.63. The fourth-order valence-electron chi connectivity index (χ4n) is 2.54. The molecule has 2 heterocycles. The first kappa shape index (κ1) is 12.2. The molecule has 98 valence electrons. The molecule has 4 heteroatoms. The van der Waals surface area contributed by atoms with Gasteiger partial charge in [-0.25, -0.2) is 0 Å². The van der Waals surface area contributed by atoms with E-state index in [9.17, 15) is 4.79 Å². The summed E-state index contributed by atoms with van der Waals surface area (Å²) in [5.41, 5.74) is 2.18. The predicted octanol–water partition coefficient (Wildman–Crippen LogP) is 2.63. The Morgan fingerprint density at radius 3 is 2.84 bits per heavy atom. The second kappa shape index (κ2) is 5.45. The lowest BCUT2D eigenvalue weighted by atomic mass is 9.91. The number of benzene rings is 1. The summed E-state index contributed by atoms with van der Waals surface area (Å²) in [5, 5.41) is 0. The van der Waals surface area contributed by atoms with Crippen molar-refractivity contribution < 1.29 is 9.53 Å². The highest BCUT2D eigenvalue weighted by molar-refractivity contribution is 6.05. The lowest BCUT2D eigenvalue weighted by Crippen LogP contribution is -2.19. The van der Waals surface area contributed by atoms with E-state index in [0.29, 0.717) is 23.4 Å². The second-order valence-electron chi connectivity index (χ2n) is 4.91. The van der Waals surface area contributed by atoms with Gasteiger partial charge >= 0.3 is 0 Å². The number of carbonyl (C=O) groups excluding carboxylic acids is 1. The van der Waals surface area contributed by atoms with Crippen LogP contribution in [-0.2, 0) is 4.74 Å². The first-order valence-electron chi connectivity index (χ1n) is 6.65. The molecule has 1 aliphatic heterocycles. The zero-order chi connectivity index (χ0) is 13.1. The van der Waals surface area contributed by atoms with E-state index in [1.54, 1.807) is 12.4 Å². The first-order valence-corrected chi connectivity index (χ1v) is 6.65. The molecule has 0 N–H and O–H groups in total. The number of rotatable bonds is 3. The summed E-state index contributed by atoms with van der Waals surface area (Å²) < 4.78 is 5.32. The van der Waals surface area contributed by atoms with Crippen LogP contribution in [0.2, 0.25) is 0 Å². The van der Waals surface area contributed by atoms with Gasteiger partial charge in [-0.15, -0.1) is 0 Å². The van der Waals surface area contributed by atoms with Crippen LogP contribution in [0.3, 0.4) is 0 Å². The lowest BCUT2D eigenvalue weighted by molar-refractivity contribution is 0.0601. The van der Waals surface area contributed by atoms with Crippen molar-refractivity contribution >= 4 is 16.8 Å². The third-order valence-corrected chi connectivity index (χ3v) is 3.61. The van der Waals surface area contributed by atoms with Gasteiger partial charge in [0.15, 0.2) is 5.78 Å². The Bertz CT molecular complexity index is 586. The molecule has 0 aliphatic carbocycles. The molecular weight excluding hydrogens is 240 g/mol. The fraction of sp³-hybridized carbons (Fsp3) is 0.400. The molecule has 0 unspecified atom stereocenters. The number of hydrogen-bond donors (Lipinski definition) is 0. The largest absolute Gasteiger partial charge is 0.381 e. The summed E-state index contributed by atoms with van der Waals surface area (Å²) in [7, 11) is 0. The van der Waals surface area contributed by atoms with Crippen LogP contribution in [0, 0.1) is 5.92 Å². The van der Waals surface area contributed by atoms with Gasteiger partial charge in [-0.05, 0) is 30.9 Å². The Morgan fingerprint density at radius 1 is 1.21 bits per heavy atom. The maximum absolute atomic E-state index is 12.4. The molecule has 1 saturated heterocycles. The maximum Gasteiger partial charge on any atom is 0.165 e. The van der Waals surface area contributed by atoms with Crippen molar-refractivity contribution in [1.29, 1.82) is 0 Å². The Balaban J connectivity index is 1.85. The van der Waals surface area contributed by atoms with Crippen molar-refractivity contribution in [2.24, 2.45) is 5.92 Å². The average molecular weight is 256 g/mol. The molecule has 0 saturated carbocycles. The Hall–Kier alpha value is -1.81. The number of carbonyl (C=O) groups is 1. The number of ether oxygens (including phenoxy) is 1. The van der Waals surface area contributed by atoms with Crippen molar-refractivity contribution in [1.82, 2.24) is 9.97 Å². The summed E-state index contributed by atoms with van der Waals surface area (Å²) in [5.74, 6) is 0.603. The van der Waals surface area contributed by atoms with Crippen molar-refractivity contribution in [2.75, 3.05) is 13.2 Å². The summed E-state index contributed by atoms with van der Waals surface area (Å²) in [4.78, 5) is 20.9. The summed E-state index contributed by atoms with van der Waals surface area (Å²) in [6, 6.07) is 5.60. The Labute approximate surface area is 111 Å². The van der Waals surface area contributed by atoms with Crippen LogP contribution in [0.15, 0.2) is 30.6 Å². The van der Waals surface area contributed by atoms with E-state index < -0.39 is 0 Å². The molecule has 4 nitrogen and oxygen atoms in total. The first-order chi connectivity index (χ1) is 9.34. The summed E-state index contributed by atoms with van der Waals surface area (Å²) in [6.45, 7) is 1.54. The van der Waals surface area contributed by atoms with Crippen molar-refractivity contribution in [2.45, 2.75) is 19.3 Å². The fourth-order valence-corrected chi connectivity index (χ4v) is 2.54. The minimum atomic E-state index is 0.165. The van der Waals surface area contributed by atoms with Gasteiger partial charge in [0.05, 0.1) is 11.0 Å². The SMILES string of the molecule is O=C(CC1CCOCC1)c1cccc2nccnc12. The maximum atomic E-state index is 12.4. The number of nitrogens with zero attached hydrogens (tertiary/aromatic N) is 2. The highest BCUT2D eigenvalue weighted by Crippen LogP contribution is 2.23. The molecule has 0 radical (unpaired) electrons. The molecule has 3 rings (SSSR count). The van der Waals surface area contributed by atoms with E-state index in [0.717, 1.165) is 31.6 Å². The van der Waals surface area contributed by atoms with Gasteiger partial charge in [0.25, 0.3) is 0 Å². The van der Waals surface area contributed by atoms with Gasteiger partial charge in [0.1, 0.15) is 0 Å². The smallest absolute Gasteiger partial charge is 0.165 e. The molecule has 1 aliphatic rings. The Kier molecular flexibility index (Phi) is 3.51. The van der Waals surface area contributed by atoms with Crippen LogP contribution >= 0.6 is 0 Å². The van der Waals surface area contributed by atoms with Gasteiger partial charge < -0.3 is 4.74 Å². The number of para-hydroxylation sites is 1. The number of hydrogen-bond acceptors (Lipinski definition) is 4. The molecule has 2 aromatic rings. The monoisotopic (exact) mass is 256 g/mol. The molecule has 1 aromatic carbocycles. The molecular formula is C15H16N2O2. The van der Waals surface area contributed by atoms with E-state index in [2.05, 4.69) is 9.97 Å². The van der Waals surface area contributed by atoms with Gasteiger partial charge in [0, 0.05) is 37.6 Å². The number of aromatic nitrogens is 2. The molecule has 0 bridgehead atoms. The molecule has 0 atom stereocenters. The van der Waals surface area contributed by atoms with E-state index in [1.165, 1.54) is 0 Å². The number of fused-ring (bicyclic) bond motifs is 1. The molecule has 1 aromatic heterocycles. The molecule has 0 spiro atoms. The molecule has 0 amide bonds. The summed E-state index contributed by atoms with van der Waals surface area (Å²) >= 11 is 0. The van der Waals surface area contributed by atoms with Crippen LogP contribution in [-0.4, -0.2) is 29.0 Å². The molecule has 1 fully saturated rings. The quantitative estimate of drug-likeness (QED) is 0.792. The highest BCUT2D eigenvalue weighted by Gasteiger charge is 2.20. The minimum Gasteiger partial charge on any atom is -0.381 e. The predicted molar refractivity (Wildman–Crippen MR) is 72.0 cm³/mol. The zero-order valence-corrected chi connectivity index (χ0v) is 10.7. The van der Waals surface area contributed by atoms with Gasteiger partial charge in [-0.1, -0.05) is 6.07 Å². The number of Topliss-reactive ketones (excluding diaryl/α,β-unsaturated/α-hetero) is 1. The zero-order valence-electron chi connectivity index (χ0n) is 10.7. The second-order valence-corrected chi connectivity index (χ2v) is 4.91. The van der Waals surface area contributed by atoms with E-state index in [-0.39, 0.29) is 5.78 Å². The van der Waals surface area contributed by atoms with Crippen LogP contribution < -0.4 is 0 Å². The van der Waals surface area contributed by atoms with Crippen LogP contribution in [0.1, 0.15) is 29.6 Å². The van der Waals surface area contributed by atoms with Crippen LogP contribution in [0.5, 0.6) is 0 Å². The van der Waals surface area contributed by atoms with Crippen molar-refractivity contribution in [3.8, 4) is 0 Å². The van der Waals surface area contributed by atoms with Gasteiger partial charge in [-0.2, -0.15) is 0 Å². The normalized spacial score (nSPS) is 16.6. The van der Waals surface area contributed by atoms with E-state index in [1.807, 2.05) is 18.2 Å². The van der Waals surface area contributed by atoms with Crippen LogP contribution in [0.4, 0.5) is 0 Å². The topological polar surface area (TPSA) is 52.1 Å². The Morgan fingerprint density at radius 2 is 2.00 bits per heavy atom. The van der Waals surface area contributed by atoms with E-state index in [4.69, 9.17) is 4.74 Å². The number of ketones is 1. The average Bonchev–Trinajstić information content (AvgIpc) is 2.47. The molecule has 19 heavy (non-hydrogen) atoms. The van der Waals surface area contributed by atoms with Crippen molar-refractivity contribution in [3.63, 3.8) is 0 Å².